The highest BCUT2D eigenvalue weighted by Crippen LogP contribution is 2.24. The van der Waals surface area contributed by atoms with Crippen molar-refractivity contribution in [3.05, 3.63) is 47.9 Å². The van der Waals surface area contributed by atoms with Crippen molar-refractivity contribution in [2.24, 2.45) is 0 Å². The predicted molar refractivity (Wildman–Crippen MR) is 81.7 cm³/mol. The topological polar surface area (TPSA) is 64.1 Å². The van der Waals surface area contributed by atoms with E-state index < -0.39 is 0 Å². The Morgan fingerprint density at radius 1 is 1.29 bits per heavy atom. The van der Waals surface area contributed by atoms with E-state index in [4.69, 9.17) is 4.74 Å². The molecule has 0 unspecified atom stereocenters. The molecule has 2 rings (SSSR count). The molecule has 1 N–H and O–H groups in total. The fraction of sp³-hybridized carbons (Fsp3) is 0.312. The number of nitrogens with zero attached hydrogens (tertiary/aromatic N) is 2. The molecule has 5 heteroatoms. The first kappa shape index (κ1) is 15.0. The molecule has 0 spiro atoms. The number of hydrogen-bond donors (Lipinski definition) is 1. The first-order valence-corrected chi connectivity index (χ1v) is 6.97. The van der Waals surface area contributed by atoms with Gasteiger partial charge in [-0.2, -0.15) is 0 Å². The summed E-state index contributed by atoms with van der Waals surface area (Å²) in [6, 6.07) is 9.29. The van der Waals surface area contributed by atoms with Crippen molar-refractivity contribution in [2.45, 2.75) is 26.7 Å². The van der Waals surface area contributed by atoms with E-state index >= 15 is 0 Å². The second kappa shape index (κ2) is 6.83. The Bertz CT molecular complexity index is 626. The lowest BCUT2D eigenvalue weighted by Crippen LogP contribution is -2.15. The van der Waals surface area contributed by atoms with Crippen molar-refractivity contribution in [3.8, 4) is 5.88 Å². The molecule has 0 bridgehead atoms. The van der Waals surface area contributed by atoms with Crippen LogP contribution in [0.2, 0.25) is 0 Å². The molecule has 0 aliphatic rings. The van der Waals surface area contributed by atoms with Gasteiger partial charge in [-0.1, -0.05) is 32.0 Å². The number of nitrogens with one attached hydrogen (secondary N) is 1. The summed E-state index contributed by atoms with van der Waals surface area (Å²) < 4.78 is 5.28. The molecule has 21 heavy (non-hydrogen) atoms. The van der Waals surface area contributed by atoms with Gasteiger partial charge in [-0.05, 0) is 24.5 Å². The molecule has 0 aliphatic heterocycles. The van der Waals surface area contributed by atoms with Crippen molar-refractivity contribution < 1.29 is 9.53 Å². The number of anilines is 1. The van der Waals surface area contributed by atoms with E-state index in [1.807, 2.05) is 31.2 Å². The molecule has 0 radical (unpaired) electrons. The molecule has 0 saturated heterocycles. The van der Waals surface area contributed by atoms with E-state index in [9.17, 15) is 4.79 Å². The summed E-state index contributed by atoms with van der Waals surface area (Å²) in [5.74, 6) is 0.451. The van der Waals surface area contributed by atoms with Gasteiger partial charge in [-0.3, -0.25) is 4.79 Å². The molecule has 0 saturated carbocycles. The maximum Gasteiger partial charge on any atom is 0.274 e. The Balaban J connectivity index is 2.20. The molecule has 0 aliphatic carbocycles. The number of rotatable bonds is 5. The zero-order valence-electron chi connectivity index (χ0n) is 12.5. The zero-order chi connectivity index (χ0) is 15.2. The van der Waals surface area contributed by atoms with Crippen LogP contribution in [0.3, 0.4) is 0 Å². The third kappa shape index (κ3) is 3.78. The predicted octanol–water partition coefficient (Wildman–Crippen LogP) is 3.25. The van der Waals surface area contributed by atoms with Crippen LogP contribution in [0.25, 0.3) is 0 Å². The lowest BCUT2D eigenvalue weighted by molar-refractivity contribution is 0.102. The van der Waals surface area contributed by atoms with Crippen LogP contribution in [0.1, 0.15) is 42.7 Å². The lowest BCUT2D eigenvalue weighted by Gasteiger charge is -2.13. The van der Waals surface area contributed by atoms with Crippen molar-refractivity contribution in [3.63, 3.8) is 0 Å². The van der Waals surface area contributed by atoms with E-state index in [0.717, 1.165) is 11.3 Å². The molecule has 1 heterocycles. The highest BCUT2D eigenvalue weighted by molar-refractivity contribution is 6.03. The molecular weight excluding hydrogens is 266 g/mol. The fourth-order valence-corrected chi connectivity index (χ4v) is 1.99. The standard InChI is InChI=1S/C16H19N3O2/c1-4-21-15-9-14(17-10-18-15)16(20)19-13-8-6-5-7-12(13)11(2)3/h5-11H,4H2,1-3H3,(H,19,20). The molecule has 110 valence electrons. The maximum atomic E-state index is 12.3. The first-order chi connectivity index (χ1) is 10.1. The Morgan fingerprint density at radius 3 is 2.76 bits per heavy atom. The second-order valence-electron chi connectivity index (χ2n) is 4.87. The number of ether oxygens (including phenoxy) is 1. The van der Waals surface area contributed by atoms with Gasteiger partial charge in [-0.15, -0.1) is 0 Å². The minimum Gasteiger partial charge on any atom is -0.478 e. The molecule has 0 fully saturated rings. The summed E-state index contributed by atoms with van der Waals surface area (Å²) in [6.07, 6.45) is 1.33. The van der Waals surface area contributed by atoms with Crippen LogP contribution < -0.4 is 10.1 Å². The summed E-state index contributed by atoms with van der Waals surface area (Å²) in [6.45, 7) is 6.53. The molecule has 1 aromatic heterocycles. The maximum absolute atomic E-state index is 12.3. The van der Waals surface area contributed by atoms with Gasteiger partial charge in [0.1, 0.15) is 12.0 Å². The first-order valence-electron chi connectivity index (χ1n) is 6.97. The van der Waals surface area contributed by atoms with Crippen molar-refractivity contribution >= 4 is 11.6 Å². The average molecular weight is 285 g/mol. The third-order valence-corrected chi connectivity index (χ3v) is 3.00. The van der Waals surface area contributed by atoms with Gasteiger partial charge in [0.05, 0.1) is 6.61 Å². The van der Waals surface area contributed by atoms with Gasteiger partial charge in [0.2, 0.25) is 5.88 Å². The van der Waals surface area contributed by atoms with Crippen LogP contribution >= 0.6 is 0 Å². The Labute approximate surface area is 124 Å². The highest BCUT2D eigenvalue weighted by atomic mass is 16.5. The SMILES string of the molecule is CCOc1cc(C(=O)Nc2ccccc2C(C)C)ncn1. The lowest BCUT2D eigenvalue weighted by atomic mass is 10.0. The molecule has 1 amide bonds. The number of amides is 1. The smallest absolute Gasteiger partial charge is 0.274 e. The summed E-state index contributed by atoms with van der Waals surface area (Å²) in [5.41, 5.74) is 2.17. The van der Waals surface area contributed by atoms with Crippen LogP contribution in [0, 0.1) is 0 Å². The van der Waals surface area contributed by atoms with E-state index in [1.54, 1.807) is 0 Å². The largest absolute Gasteiger partial charge is 0.478 e. The highest BCUT2D eigenvalue weighted by Gasteiger charge is 2.13. The zero-order valence-corrected chi connectivity index (χ0v) is 12.5. The van der Waals surface area contributed by atoms with Crippen LogP contribution in [0.15, 0.2) is 36.7 Å². The van der Waals surface area contributed by atoms with Gasteiger partial charge in [0.25, 0.3) is 5.91 Å². The average Bonchev–Trinajstić information content (AvgIpc) is 2.48. The Morgan fingerprint density at radius 2 is 2.05 bits per heavy atom. The quantitative estimate of drug-likeness (QED) is 0.916. The summed E-state index contributed by atoms with van der Waals surface area (Å²) in [7, 11) is 0. The number of carbonyl (C=O) groups excluding carboxylic acids is 1. The van der Waals surface area contributed by atoms with Gasteiger partial charge < -0.3 is 10.1 Å². The van der Waals surface area contributed by atoms with Gasteiger partial charge in [0.15, 0.2) is 0 Å². The number of carbonyl (C=O) groups is 1. The summed E-state index contributed by atoms with van der Waals surface area (Å²) >= 11 is 0. The van der Waals surface area contributed by atoms with Crippen molar-refractivity contribution in [1.82, 2.24) is 9.97 Å². The number of para-hydroxylation sites is 1. The molecular formula is C16H19N3O2. The van der Waals surface area contributed by atoms with Crippen molar-refractivity contribution in [1.29, 1.82) is 0 Å². The second-order valence-corrected chi connectivity index (χ2v) is 4.87. The molecule has 0 atom stereocenters. The number of aromatic nitrogens is 2. The molecule has 2 aromatic rings. The molecule has 1 aromatic carbocycles. The van der Waals surface area contributed by atoms with E-state index in [2.05, 4.69) is 29.1 Å². The Kier molecular flexibility index (Phi) is 4.87. The third-order valence-electron chi connectivity index (χ3n) is 3.00. The summed E-state index contributed by atoms with van der Waals surface area (Å²) in [4.78, 5) is 20.2. The van der Waals surface area contributed by atoms with Crippen LogP contribution in [0.4, 0.5) is 5.69 Å². The van der Waals surface area contributed by atoms with E-state index in [-0.39, 0.29) is 11.6 Å². The normalized spacial score (nSPS) is 10.5. The van der Waals surface area contributed by atoms with Gasteiger partial charge >= 0.3 is 0 Å². The van der Waals surface area contributed by atoms with Crippen LogP contribution in [0.5, 0.6) is 5.88 Å². The monoisotopic (exact) mass is 285 g/mol. The fourth-order valence-electron chi connectivity index (χ4n) is 1.99. The van der Waals surface area contributed by atoms with Gasteiger partial charge in [-0.25, -0.2) is 9.97 Å². The van der Waals surface area contributed by atoms with E-state index in [1.165, 1.54) is 12.4 Å². The van der Waals surface area contributed by atoms with Gasteiger partial charge in [0, 0.05) is 11.8 Å². The minimum absolute atomic E-state index is 0.272. The van der Waals surface area contributed by atoms with E-state index in [0.29, 0.717) is 18.4 Å². The minimum atomic E-state index is -0.272. The van der Waals surface area contributed by atoms with Crippen LogP contribution in [-0.2, 0) is 0 Å². The number of benzene rings is 1. The number of hydrogen-bond acceptors (Lipinski definition) is 4. The van der Waals surface area contributed by atoms with Crippen molar-refractivity contribution in [2.75, 3.05) is 11.9 Å². The van der Waals surface area contributed by atoms with Crippen LogP contribution in [-0.4, -0.2) is 22.5 Å². The molecule has 5 nitrogen and oxygen atoms in total. The Hall–Kier alpha value is -2.43. The summed E-state index contributed by atoms with van der Waals surface area (Å²) in [5, 5.41) is 2.89.